The highest BCUT2D eigenvalue weighted by Crippen LogP contribution is 2.25. The Kier molecular flexibility index (Phi) is 5.22. The van der Waals surface area contributed by atoms with E-state index in [0.717, 1.165) is 11.4 Å². The Hall–Kier alpha value is -1.31. The second-order valence-corrected chi connectivity index (χ2v) is 5.70. The van der Waals surface area contributed by atoms with Gasteiger partial charge in [-0.05, 0) is 49.1 Å². The fourth-order valence-corrected chi connectivity index (χ4v) is 2.84. The van der Waals surface area contributed by atoms with Gasteiger partial charge in [0.25, 0.3) is 0 Å². The van der Waals surface area contributed by atoms with Crippen LogP contribution in [-0.4, -0.2) is 0 Å². The number of benzene rings is 2. The summed E-state index contributed by atoms with van der Waals surface area (Å²) < 4.78 is 0. The van der Waals surface area contributed by atoms with E-state index in [9.17, 15) is 0 Å². The maximum absolute atomic E-state index is 6.10. The molecule has 0 amide bonds. The number of rotatable bonds is 5. The minimum atomic E-state index is 0.320. The third-order valence-electron chi connectivity index (χ3n) is 3.77. The van der Waals surface area contributed by atoms with Crippen molar-refractivity contribution in [2.24, 2.45) is 0 Å². The molecule has 2 heteroatoms. The van der Waals surface area contributed by atoms with E-state index in [-0.39, 0.29) is 0 Å². The van der Waals surface area contributed by atoms with Gasteiger partial charge >= 0.3 is 0 Å². The molecule has 1 nitrogen and oxygen atoms in total. The molecule has 0 heterocycles. The molecule has 0 bridgehead atoms. The standard InChI is InChI=1S/C18H22ClN/c1-4-18(15-9-7-10-16(19)12-15)20-14(3)17-11-6-5-8-13(17)2/h5-12,14,18,20H,4H2,1-3H3. The SMILES string of the molecule is CCC(NC(C)c1ccccc1C)c1cccc(Cl)c1. The van der Waals surface area contributed by atoms with Crippen LogP contribution < -0.4 is 5.32 Å². The predicted molar refractivity (Wildman–Crippen MR) is 87.2 cm³/mol. The van der Waals surface area contributed by atoms with Crippen molar-refractivity contribution in [2.75, 3.05) is 0 Å². The first-order valence-electron chi connectivity index (χ1n) is 7.19. The van der Waals surface area contributed by atoms with Gasteiger partial charge in [-0.15, -0.1) is 0 Å². The topological polar surface area (TPSA) is 12.0 Å². The molecule has 2 aromatic rings. The van der Waals surface area contributed by atoms with Crippen molar-refractivity contribution in [1.82, 2.24) is 5.32 Å². The molecule has 2 atom stereocenters. The lowest BCUT2D eigenvalue weighted by molar-refractivity contribution is 0.455. The van der Waals surface area contributed by atoms with Crippen LogP contribution in [0.5, 0.6) is 0 Å². The van der Waals surface area contributed by atoms with Gasteiger partial charge in [0.2, 0.25) is 0 Å². The molecule has 2 unspecified atom stereocenters. The molecule has 0 spiro atoms. The van der Waals surface area contributed by atoms with Crippen molar-refractivity contribution in [1.29, 1.82) is 0 Å². The van der Waals surface area contributed by atoms with Crippen LogP contribution in [0.3, 0.4) is 0 Å². The highest BCUT2D eigenvalue weighted by Gasteiger charge is 2.15. The van der Waals surface area contributed by atoms with Crippen LogP contribution in [-0.2, 0) is 0 Å². The summed E-state index contributed by atoms with van der Waals surface area (Å²) in [7, 11) is 0. The highest BCUT2D eigenvalue weighted by atomic mass is 35.5. The van der Waals surface area contributed by atoms with Crippen molar-refractivity contribution >= 4 is 11.6 Å². The number of nitrogens with one attached hydrogen (secondary N) is 1. The molecule has 0 fully saturated rings. The minimum Gasteiger partial charge on any atom is -0.303 e. The zero-order chi connectivity index (χ0) is 14.5. The summed E-state index contributed by atoms with van der Waals surface area (Å²) >= 11 is 6.10. The van der Waals surface area contributed by atoms with Crippen LogP contribution in [0.2, 0.25) is 5.02 Å². The first kappa shape index (κ1) is 15.1. The van der Waals surface area contributed by atoms with Gasteiger partial charge in [-0.2, -0.15) is 0 Å². The van der Waals surface area contributed by atoms with Crippen LogP contribution in [0, 0.1) is 6.92 Å². The monoisotopic (exact) mass is 287 g/mol. The summed E-state index contributed by atoms with van der Waals surface area (Å²) in [5.41, 5.74) is 3.93. The molecule has 0 aromatic heterocycles. The van der Waals surface area contributed by atoms with E-state index in [1.54, 1.807) is 0 Å². The second-order valence-electron chi connectivity index (χ2n) is 5.26. The van der Waals surface area contributed by atoms with Crippen molar-refractivity contribution in [3.63, 3.8) is 0 Å². The molecule has 20 heavy (non-hydrogen) atoms. The number of aryl methyl sites for hydroxylation is 1. The van der Waals surface area contributed by atoms with Gasteiger partial charge in [0, 0.05) is 17.1 Å². The van der Waals surface area contributed by atoms with E-state index in [4.69, 9.17) is 11.6 Å². The van der Waals surface area contributed by atoms with Crippen LogP contribution >= 0.6 is 11.6 Å². The van der Waals surface area contributed by atoms with Gasteiger partial charge in [-0.25, -0.2) is 0 Å². The van der Waals surface area contributed by atoms with E-state index < -0.39 is 0 Å². The maximum Gasteiger partial charge on any atom is 0.0409 e. The predicted octanol–water partition coefficient (Wildman–Crippen LogP) is 5.45. The average molecular weight is 288 g/mol. The Balaban J connectivity index is 2.16. The van der Waals surface area contributed by atoms with Crippen molar-refractivity contribution in [3.8, 4) is 0 Å². The first-order valence-corrected chi connectivity index (χ1v) is 7.56. The lowest BCUT2D eigenvalue weighted by Gasteiger charge is -2.24. The van der Waals surface area contributed by atoms with Crippen LogP contribution in [0.4, 0.5) is 0 Å². The third kappa shape index (κ3) is 3.62. The van der Waals surface area contributed by atoms with Crippen LogP contribution in [0.15, 0.2) is 48.5 Å². The largest absolute Gasteiger partial charge is 0.303 e. The fourth-order valence-electron chi connectivity index (χ4n) is 2.64. The van der Waals surface area contributed by atoms with E-state index in [1.807, 2.05) is 18.2 Å². The quantitative estimate of drug-likeness (QED) is 0.771. The zero-order valence-electron chi connectivity index (χ0n) is 12.4. The Morgan fingerprint density at radius 2 is 1.85 bits per heavy atom. The summed E-state index contributed by atoms with van der Waals surface area (Å²) in [4.78, 5) is 0. The van der Waals surface area contributed by atoms with Gasteiger partial charge in [0.05, 0.1) is 0 Å². The summed E-state index contributed by atoms with van der Waals surface area (Å²) in [6.45, 7) is 6.58. The molecule has 0 saturated heterocycles. The Morgan fingerprint density at radius 1 is 1.10 bits per heavy atom. The molecule has 106 valence electrons. The maximum atomic E-state index is 6.10. The molecule has 0 radical (unpaired) electrons. The molecule has 0 aliphatic rings. The summed E-state index contributed by atoms with van der Waals surface area (Å²) in [5.74, 6) is 0. The second kappa shape index (κ2) is 6.92. The molecular formula is C18H22ClN. The third-order valence-corrected chi connectivity index (χ3v) is 4.00. The highest BCUT2D eigenvalue weighted by molar-refractivity contribution is 6.30. The van der Waals surface area contributed by atoms with E-state index >= 15 is 0 Å². The summed E-state index contributed by atoms with van der Waals surface area (Å²) in [6.07, 6.45) is 1.04. The van der Waals surface area contributed by atoms with Gasteiger partial charge in [-0.3, -0.25) is 0 Å². The molecule has 2 rings (SSSR count). The van der Waals surface area contributed by atoms with Crippen molar-refractivity contribution < 1.29 is 0 Å². The smallest absolute Gasteiger partial charge is 0.0409 e. The first-order chi connectivity index (χ1) is 9.61. The Morgan fingerprint density at radius 3 is 2.50 bits per heavy atom. The van der Waals surface area contributed by atoms with Gasteiger partial charge in [0.1, 0.15) is 0 Å². The van der Waals surface area contributed by atoms with Gasteiger partial charge < -0.3 is 5.32 Å². The van der Waals surface area contributed by atoms with E-state index in [0.29, 0.717) is 12.1 Å². The Bertz CT molecular complexity index is 565. The van der Waals surface area contributed by atoms with Crippen molar-refractivity contribution in [3.05, 3.63) is 70.2 Å². The molecule has 0 saturated carbocycles. The van der Waals surface area contributed by atoms with Gasteiger partial charge in [0.15, 0.2) is 0 Å². The zero-order valence-corrected chi connectivity index (χ0v) is 13.1. The lowest BCUT2D eigenvalue weighted by atomic mass is 9.99. The van der Waals surface area contributed by atoms with Gasteiger partial charge in [-0.1, -0.05) is 54.9 Å². The summed E-state index contributed by atoms with van der Waals surface area (Å²) in [6, 6.07) is 17.3. The molecule has 0 aliphatic heterocycles. The molecular weight excluding hydrogens is 266 g/mol. The normalized spacial score (nSPS) is 14.0. The number of hydrogen-bond acceptors (Lipinski definition) is 1. The van der Waals surface area contributed by atoms with Crippen molar-refractivity contribution in [2.45, 2.75) is 39.3 Å². The van der Waals surface area contributed by atoms with Crippen LogP contribution in [0.25, 0.3) is 0 Å². The fraction of sp³-hybridized carbons (Fsp3) is 0.333. The Labute approximate surface area is 127 Å². The van der Waals surface area contributed by atoms with Crippen LogP contribution in [0.1, 0.15) is 49.0 Å². The van der Waals surface area contributed by atoms with E-state index in [2.05, 4.69) is 56.4 Å². The molecule has 2 aromatic carbocycles. The van der Waals surface area contributed by atoms with E-state index in [1.165, 1.54) is 16.7 Å². The molecule has 0 aliphatic carbocycles. The molecule has 1 N–H and O–H groups in total. The lowest BCUT2D eigenvalue weighted by Crippen LogP contribution is -2.24. The average Bonchev–Trinajstić information content (AvgIpc) is 2.45. The summed E-state index contributed by atoms with van der Waals surface area (Å²) in [5, 5.41) is 4.51. The number of hydrogen-bond donors (Lipinski definition) is 1. The number of halogens is 1. The minimum absolute atomic E-state index is 0.320.